The second kappa shape index (κ2) is 5.39. The van der Waals surface area contributed by atoms with E-state index >= 15 is 0 Å². The summed E-state index contributed by atoms with van der Waals surface area (Å²) in [4.78, 5) is 18.1. The third-order valence-corrected chi connectivity index (χ3v) is 3.90. The van der Waals surface area contributed by atoms with Crippen molar-refractivity contribution in [2.24, 2.45) is 5.73 Å². The number of carbonyl (C=O) groups is 1. The Morgan fingerprint density at radius 3 is 3.00 bits per heavy atom. The molecule has 90 valence electrons. The molecule has 0 saturated heterocycles. The number of rotatable bonds is 4. The summed E-state index contributed by atoms with van der Waals surface area (Å²) in [5, 5.41) is 5.31. The van der Waals surface area contributed by atoms with Crippen molar-refractivity contribution in [3.8, 4) is 10.6 Å². The van der Waals surface area contributed by atoms with Crippen molar-refractivity contribution in [3.63, 3.8) is 0 Å². The number of thiazole rings is 1. The third kappa shape index (κ3) is 3.12. The highest BCUT2D eigenvalue weighted by Gasteiger charge is 2.08. The van der Waals surface area contributed by atoms with E-state index in [-0.39, 0.29) is 5.91 Å². The second-order valence-electron chi connectivity index (χ2n) is 3.54. The predicted molar refractivity (Wildman–Crippen MR) is 72.5 cm³/mol. The molecule has 0 bridgehead atoms. The highest BCUT2D eigenvalue weighted by Crippen LogP contribution is 2.30. The number of nitrogens with zero attached hydrogens (tertiary/aromatic N) is 1. The molecule has 2 aromatic rings. The number of nitrogens with two attached hydrogens (primary N) is 1. The van der Waals surface area contributed by atoms with Gasteiger partial charge in [-0.15, -0.1) is 22.7 Å². The maximum absolute atomic E-state index is 11.3. The van der Waals surface area contributed by atoms with Crippen molar-refractivity contribution in [2.45, 2.75) is 13.3 Å². The molecule has 4 nitrogen and oxygen atoms in total. The van der Waals surface area contributed by atoms with E-state index < -0.39 is 0 Å². The Labute approximate surface area is 107 Å². The topological polar surface area (TPSA) is 68.0 Å². The van der Waals surface area contributed by atoms with Gasteiger partial charge in [-0.25, -0.2) is 4.98 Å². The summed E-state index contributed by atoms with van der Waals surface area (Å²) < 4.78 is 0. The van der Waals surface area contributed by atoms with E-state index in [2.05, 4.69) is 23.3 Å². The lowest BCUT2D eigenvalue weighted by Gasteiger charge is -1.98. The summed E-state index contributed by atoms with van der Waals surface area (Å²) in [5.74, 6) is -0.0873. The maximum Gasteiger partial charge on any atom is 0.227 e. The van der Waals surface area contributed by atoms with Crippen molar-refractivity contribution >= 4 is 33.7 Å². The lowest BCUT2D eigenvalue weighted by Crippen LogP contribution is -2.15. The number of hydrogen-bond acceptors (Lipinski definition) is 5. The van der Waals surface area contributed by atoms with Crippen LogP contribution in [-0.4, -0.2) is 17.4 Å². The van der Waals surface area contributed by atoms with Gasteiger partial charge in [-0.1, -0.05) is 0 Å². The van der Waals surface area contributed by atoms with E-state index in [1.54, 1.807) is 11.3 Å². The molecule has 1 amide bonds. The van der Waals surface area contributed by atoms with Crippen molar-refractivity contribution in [1.82, 2.24) is 4.98 Å². The Balaban J connectivity index is 2.08. The van der Waals surface area contributed by atoms with Crippen LogP contribution in [0.15, 0.2) is 17.5 Å². The zero-order chi connectivity index (χ0) is 12.3. The van der Waals surface area contributed by atoms with E-state index in [0.717, 1.165) is 10.6 Å². The van der Waals surface area contributed by atoms with Crippen LogP contribution in [-0.2, 0) is 4.79 Å². The molecule has 6 heteroatoms. The fraction of sp³-hybridized carbons (Fsp3) is 0.273. The van der Waals surface area contributed by atoms with Gasteiger partial charge in [-0.05, 0) is 19.1 Å². The van der Waals surface area contributed by atoms with Crippen molar-refractivity contribution in [1.29, 1.82) is 0 Å². The van der Waals surface area contributed by atoms with E-state index in [4.69, 9.17) is 5.73 Å². The van der Waals surface area contributed by atoms with Crippen LogP contribution in [0.3, 0.4) is 0 Å². The second-order valence-corrected chi connectivity index (χ2v) is 5.68. The molecule has 3 N–H and O–H groups in total. The molecule has 0 atom stereocenters. The zero-order valence-electron chi connectivity index (χ0n) is 9.40. The Kier molecular flexibility index (Phi) is 3.88. The molecule has 0 aromatic carbocycles. The quantitative estimate of drug-likeness (QED) is 0.894. The molecular formula is C11H13N3OS2. The summed E-state index contributed by atoms with van der Waals surface area (Å²) in [6.07, 6.45) is 0.326. The van der Waals surface area contributed by atoms with Crippen LogP contribution >= 0.6 is 22.7 Å². The zero-order valence-corrected chi connectivity index (χ0v) is 11.0. The largest absolute Gasteiger partial charge is 0.330 e. The molecule has 0 aliphatic carbocycles. The lowest BCUT2D eigenvalue weighted by atomic mass is 10.4. The van der Waals surface area contributed by atoms with Crippen molar-refractivity contribution < 1.29 is 4.79 Å². The normalized spacial score (nSPS) is 10.5. The van der Waals surface area contributed by atoms with Crippen LogP contribution in [0.5, 0.6) is 0 Å². The molecule has 0 fully saturated rings. The van der Waals surface area contributed by atoms with Crippen LogP contribution in [0, 0.1) is 6.92 Å². The smallest absolute Gasteiger partial charge is 0.227 e. The van der Waals surface area contributed by atoms with Gasteiger partial charge in [-0.3, -0.25) is 4.79 Å². The first kappa shape index (κ1) is 12.2. The monoisotopic (exact) mass is 267 g/mol. The van der Waals surface area contributed by atoms with Crippen molar-refractivity contribution in [2.75, 3.05) is 11.9 Å². The molecule has 17 heavy (non-hydrogen) atoms. The number of aromatic nitrogens is 1. The molecule has 0 spiro atoms. The Hall–Kier alpha value is -1.24. The summed E-state index contributed by atoms with van der Waals surface area (Å²) in [5.41, 5.74) is 6.22. The highest BCUT2D eigenvalue weighted by atomic mass is 32.1. The molecule has 0 unspecified atom stereocenters. The van der Waals surface area contributed by atoms with Gasteiger partial charge in [0.2, 0.25) is 5.91 Å². The lowest BCUT2D eigenvalue weighted by molar-refractivity contribution is -0.116. The van der Waals surface area contributed by atoms with Crippen LogP contribution in [0.4, 0.5) is 5.13 Å². The van der Waals surface area contributed by atoms with Gasteiger partial charge in [0.25, 0.3) is 0 Å². The van der Waals surface area contributed by atoms with Gasteiger partial charge in [-0.2, -0.15) is 0 Å². The fourth-order valence-corrected chi connectivity index (χ4v) is 2.96. The number of aryl methyl sites for hydroxylation is 1. The first-order valence-electron chi connectivity index (χ1n) is 5.21. The van der Waals surface area contributed by atoms with Gasteiger partial charge in [0.15, 0.2) is 5.13 Å². The van der Waals surface area contributed by atoms with E-state index in [0.29, 0.717) is 18.1 Å². The Morgan fingerprint density at radius 1 is 1.53 bits per heavy atom. The molecule has 0 saturated carbocycles. The van der Waals surface area contributed by atoms with Gasteiger partial charge in [0.1, 0.15) is 0 Å². The Bertz CT molecular complexity index is 518. The SMILES string of the molecule is Cc1ccc(-c2csc(NC(=O)CCN)n2)s1. The minimum Gasteiger partial charge on any atom is -0.330 e. The fourth-order valence-electron chi connectivity index (χ4n) is 1.33. The number of nitrogens with one attached hydrogen (secondary N) is 1. The van der Waals surface area contributed by atoms with Crippen LogP contribution < -0.4 is 11.1 Å². The summed E-state index contributed by atoms with van der Waals surface area (Å²) in [6, 6.07) is 4.10. The predicted octanol–water partition coefficient (Wildman–Crippen LogP) is 2.47. The Morgan fingerprint density at radius 2 is 2.35 bits per heavy atom. The molecule has 0 aliphatic rings. The van der Waals surface area contributed by atoms with E-state index in [1.807, 2.05) is 11.4 Å². The molecule has 0 aliphatic heterocycles. The number of amides is 1. The molecule has 0 radical (unpaired) electrons. The van der Waals surface area contributed by atoms with Crippen LogP contribution in [0.2, 0.25) is 0 Å². The maximum atomic E-state index is 11.3. The van der Waals surface area contributed by atoms with Crippen LogP contribution in [0.1, 0.15) is 11.3 Å². The van der Waals surface area contributed by atoms with Gasteiger partial charge in [0, 0.05) is 23.2 Å². The van der Waals surface area contributed by atoms with E-state index in [9.17, 15) is 4.79 Å². The van der Waals surface area contributed by atoms with E-state index in [1.165, 1.54) is 16.2 Å². The average molecular weight is 267 g/mol. The number of hydrogen-bond donors (Lipinski definition) is 2. The number of carbonyl (C=O) groups excluding carboxylic acids is 1. The molecule has 2 aromatic heterocycles. The first-order valence-corrected chi connectivity index (χ1v) is 6.91. The average Bonchev–Trinajstić information content (AvgIpc) is 2.87. The number of thiophene rings is 1. The molecule has 2 heterocycles. The van der Waals surface area contributed by atoms with Gasteiger partial charge >= 0.3 is 0 Å². The van der Waals surface area contributed by atoms with Crippen LogP contribution in [0.25, 0.3) is 10.6 Å². The third-order valence-electron chi connectivity index (χ3n) is 2.11. The summed E-state index contributed by atoms with van der Waals surface area (Å²) >= 11 is 3.13. The molecule has 2 rings (SSSR count). The minimum absolute atomic E-state index is 0.0873. The highest BCUT2D eigenvalue weighted by molar-refractivity contribution is 7.17. The number of anilines is 1. The van der Waals surface area contributed by atoms with Gasteiger partial charge < -0.3 is 11.1 Å². The summed E-state index contributed by atoms with van der Waals surface area (Å²) in [6.45, 7) is 2.42. The first-order chi connectivity index (χ1) is 8.19. The van der Waals surface area contributed by atoms with Gasteiger partial charge in [0.05, 0.1) is 10.6 Å². The van der Waals surface area contributed by atoms with Crippen molar-refractivity contribution in [3.05, 3.63) is 22.4 Å². The standard InChI is InChI=1S/C11H13N3OS2/c1-7-2-3-9(17-7)8-6-16-11(13-8)14-10(15)4-5-12/h2-3,6H,4-5,12H2,1H3,(H,13,14,15). The summed E-state index contributed by atoms with van der Waals surface area (Å²) in [7, 11) is 0. The molecular weight excluding hydrogens is 254 g/mol. The minimum atomic E-state index is -0.0873.